The van der Waals surface area contributed by atoms with Crippen LogP contribution in [-0.2, 0) is 19.8 Å². The number of hydrogen-bond donors (Lipinski definition) is 0. The number of rotatable bonds is 4. The summed E-state index contributed by atoms with van der Waals surface area (Å²) in [5.74, 6) is 0.726. The summed E-state index contributed by atoms with van der Waals surface area (Å²) in [5, 5.41) is 9.76. The van der Waals surface area contributed by atoms with Gasteiger partial charge >= 0.3 is 5.69 Å². The van der Waals surface area contributed by atoms with Crippen LogP contribution in [0.5, 0.6) is 0 Å². The second kappa shape index (κ2) is 7.89. The summed E-state index contributed by atoms with van der Waals surface area (Å²) < 4.78 is 5.89. The van der Waals surface area contributed by atoms with Gasteiger partial charge in [-0.3, -0.25) is 23.1 Å². The Bertz CT molecular complexity index is 1710. The molecule has 10 heteroatoms. The zero-order chi connectivity index (χ0) is 23.3. The van der Waals surface area contributed by atoms with Crippen molar-refractivity contribution in [2.45, 2.75) is 17.8 Å². The molecular weight excluding hydrogens is 440 g/mol. The monoisotopic (exact) mass is 460 g/mol. The molecule has 0 unspecified atom stereocenters. The number of aryl methyl sites for hydroxylation is 1. The van der Waals surface area contributed by atoms with Crippen molar-refractivity contribution in [3.05, 3.63) is 97.0 Å². The minimum absolute atomic E-state index is 0.181. The van der Waals surface area contributed by atoms with E-state index in [0.29, 0.717) is 39.0 Å². The largest absolute Gasteiger partial charge is 0.330 e. The van der Waals surface area contributed by atoms with Crippen LogP contribution >= 0.6 is 11.8 Å². The Balaban J connectivity index is 1.70. The van der Waals surface area contributed by atoms with Crippen LogP contribution in [-0.4, -0.2) is 28.3 Å². The third-order valence-corrected chi connectivity index (χ3v) is 6.62. The van der Waals surface area contributed by atoms with E-state index in [-0.39, 0.29) is 16.8 Å². The molecule has 0 amide bonds. The highest BCUT2D eigenvalue weighted by Gasteiger charge is 2.18. The average molecular weight is 461 g/mol. The number of fused-ring (bicyclic) bond motifs is 3. The van der Waals surface area contributed by atoms with Gasteiger partial charge in [0.1, 0.15) is 0 Å². The first-order valence-electron chi connectivity index (χ1n) is 10.2. The van der Waals surface area contributed by atoms with Crippen molar-refractivity contribution in [1.29, 1.82) is 0 Å². The van der Waals surface area contributed by atoms with Crippen molar-refractivity contribution in [2.24, 2.45) is 14.1 Å². The van der Waals surface area contributed by atoms with Crippen LogP contribution in [0.3, 0.4) is 0 Å². The van der Waals surface area contributed by atoms with E-state index >= 15 is 0 Å². The van der Waals surface area contributed by atoms with Gasteiger partial charge in [-0.1, -0.05) is 41.6 Å². The summed E-state index contributed by atoms with van der Waals surface area (Å²) >= 11 is 1.34. The molecule has 0 aliphatic carbocycles. The molecule has 0 radical (unpaired) electrons. The molecule has 5 rings (SSSR count). The van der Waals surface area contributed by atoms with Crippen molar-refractivity contribution in [3.8, 4) is 5.69 Å². The predicted octanol–water partition coefficient (Wildman–Crippen LogP) is 2.03. The van der Waals surface area contributed by atoms with Crippen LogP contribution < -0.4 is 16.8 Å². The van der Waals surface area contributed by atoms with Gasteiger partial charge in [0.25, 0.3) is 11.1 Å². The molecule has 9 nitrogen and oxygen atoms in total. The third-order valence-electron chi connectivity index (χ3n) is 5.66. The molecule has 0 N–H and O–H groups in total. The normalized spacial score (nSPS) is 11.5. The van der Waals surface area contributed by atoms with E-state index in [1.807, 2.05) is 53.8 Å². The standard InChI is InChI=1S/C23H20N6O3S/c1-14-8-10-15(11-9-14)28-20(31)17-6-4-5-7-18(17)29-21(28)24-25-22(29)33-13-16-12-19(30)27(3)23(32)26(16)2/h4-12H,13H2,1-3H3. The van der Waals surface area contributed by atoms with E-state index in [2.05, 4.69) is 10.2 Å². The third kappa shape index (κ3) is 3.39. The van der Waals surface area contributed by atoms with Gasteiger partial charge in [-0.05, 0) is 31.2 Å². The summed E-state index contributed by atoms with van der Waals surface area (Å²) in [7, 11) is 3.08. The number of hydrogen-bond acceptors (Lipinski definition) is 6. The van der Waals surface area contributed by atoms with Gasteiger partial charge in [-0.2, -0.15) is 0 Å². The Hall–Kier alpha value is -3.92. The molecular formula is C23H20N6O3S. The number of para-hydroxylation sites is 1. The topological polar surface area (TPSA) is 96.2 Å². The Morgan fingerprint density at radius 1 is 0.909 bits per heavy atom. The molecule has 3 aromatic heterocycles. The number of benzene rings is 2. The maximum Gasteiger partial charge on any atom is 0.330 e. The van der Waals surface area contributed by atoms with Crippen molar-refractivity contribution < 1.29 is 0 Å². The second-order valence-electron chi connectivity index (χ2n) is 7.77. The first-order valence-corrected chi connectivity index (χ1v) is 11.2. The van der Waals surface area contributed by atoms with Crippen molar-refractivity contribution in [3.63, 3.8) is 0 Å². The zero-order valence-electron chi connectivity index (χ0n) is 18.2. The molecule has 33 heavy (non-hydrogen) atoms. The minimum atomic E-state index is -0.386. The summed E-state index contributed by atoms with van der Waals surface area (Å²) in [4.78, 5) is 37.7. The average Bonchev–Trinajstić information content (AvgIpc) is 3.24. The molecule has 0 spiro atoms. The SMILES string of the molecule is Cc1ccc(-n2c(=O)c3ccccc3n3c(SCc4cc(=O)n(C)c(=O)n4C)nnc23)cc1. The highest BCUT2D eigenvalue weighted by Crippen LogP contribution is 2.25. The van der Waals surface area contributed by atoms with Gasteiger partial charge in [0.05, 0.1) is 16.6 Å². The van der Waals surface area contributed by atoms with Crippen LogP contribution in [0, 0.1) is 6.92 Å². The summed E-state index contributed by atoms with van der Waals surface area (Å²) in [6.07, 6.45) is 0. The number of aromatic nitrogens is 6. The molecule has 0 saturated carbocycles. The molecule has 3 heterocycles. The highest BCUT2D eigenvalue weighted by atomic mass is 32.2. The van der Waals surface area contributed by atoms with Crippen molar-refractivity contribution >= 4 is 28.4 Å². The molecule has 0 fully saturated rings. The van der Waals surface area contributed by atoms with E-state index in [4.69, 9.17) is 0 Å². The summed E-state index contributed by atoms with van der Waals surface area (Å²) in [6.45, 7) is 1.98. The fourth-order valence-corrected chi connectivity index (χ4v) is 4.72. The predicted molar refractivity (Wildman–Crippen MR) is 127 cm³/mol. The minimum Gasteiger partial charge on any atom is -0.300 e. The lowest BCUT2D eigenvalue weighted by Crippen LogP contribution is -2.37. The van der Waals surface area contributed by atoms with Gasteiger partial charge in [0, 0.05) is 31.6 Å². The van der Waals surface area contributed by atoms with Gasteiger partial charge < -0.3 is 0 Å². The molecule has 166 valence electrons. The van der Waals surface area contributed by atoms with Crippen LogP contribution in [0.15, 0.2) is 74.1 Å². The summed E-state index contributed by atoms with van der Waals surface area (Å²) in [5.41, 5.74) is 2.11. The zero-order valence-corrected chi connectivity index (χ0v) is 19.0. The van der Waals surface area contributed by atoms with Crippen molar-refractivity contribution in [1.82, 2.24) is 28.3 Å². The maximum atomic E-state index is 13.4. The maximum absolute atomic E-state index is 13.4. The smallest absolute Gasteiger partial charge is 0.300 e. The molecule has 0 aliphatic rings. The lowest BCUT2D eigenvalue weighted by Gasteiger charge is -2.12. The lowest BCUT2D eigenvalue weighted by molar-refractivity contribution is 0.665. The fourth-order valence-electron chi connectivity index (χ4n) is 3.75. The van der Waals surface area contributed by atoms with Gasteiger partial charge in [-0.25, -0.2) is 9.36 Å². The first kappa shape index (κ1) is 21.0. The molecule has 0 saturated heterocycles. The Kier molecular flexibility index (Phi) is 5.01. The van der Waals surface area contributed by atoms with E-state index in [9.17, 15) is 14.4 Å². The molecule has 0 bridgehead atoms. The molecule has 0 atom stereocenters. The lowest BCUT2D eigenvalue weighted by atomic mass is 10.2. The quantitative estimate of drug-likeness (QED) is 0.381. The van der Waals surface area contributed by atoms with E-state index < -0.39 is 0 Å². The van der Waals surface area contributed by atoms with Gasteiger partial charge in [0.2, 0.25) is 5.78 Å². The Morgan fingerprint density at radius 2 is 1.64 bits per heavy atom. The van der Waals surface area contributed by atoms with Crippen molar-refractivity contribution in [2.75, 3.05) is 0 Å². The number of thioether (sulfide) groups is 1. The first-order chi connectivity index (χ1) is 15.9. The van der Waals surface area contributed by atoms with Crippen LogP contribution in [0.2, 0.25) is 0 Å². The summed E-state index contributed by atoms with van der Waals surface area (Å²) in [6, 6.07) is 16.4. The molecule has 2 aromatic carbocycles. The van der Waals surface area contributed by atoms with Crippen LogP contribution in [0.1, 0.15) is 11.3 Å². The van der Waals surface area contributed by atoms with Crippen LogP contribution in [0.4, 0.5) is 0 Å². The highest BCUT2D eigenvalue weighted by molar-refractivity contribution is 7.98. The molecule has 5 aromatic rings. The van der Waals surface area contributed by atoms with Gasteiger partial charge in [-0.15, -0.1) is 10.2 Å². The second-order valence-corrected chi connectivity index (χ2v) is 8.72. The van der Waals surface area contributed by atoms with E-state index in [0.717, 1.165) is 10.1 Å². The van der Waals surface area contributed by atoms with Gasteiger partial charge in [0.15, 0.2) is 5.16 Å². The Labute approximate surface area is 191 Å². The Morgan fingerprint density at radius 3 is 2.39 bits per heavy atom. The van der Waals surface area contributed by atoms with E-state index in [1.54, 1.807) is 17.7 Å². The fraction of sp³-hybridized carbons (Fsp3) is 0.174. The van der Waals surface area contributed by atoms with Crippen LogP contribution in [0.25, 0.3) is 22.4 Å². The molecule has 0 aliphatic heterocycles. The van der Waals surface area contributed by atoms with E-state index in [1.165, 1.54) is 29.4 Å². The number of nitrogens with zero attached hydrogens (tertiary/aromatic N) is 6.